The van der Waals surface area contributed by atoms with Gasteiger partial charge in [-0.1, -0.05) is 26.0 Å². The Balaban J connectivity index is 2.01. The summed E-state index contributed by atoms with van der Waals surface area (Å²) >= 11 is 0. The van der Waals surface area contributed by atoms with Crippen LogP contribution in [0.25, 0.3) is 0 Å². The number of aromatic nitrogens is 1. The van der Waals surface area contributed by atoms with Gasteiger partial charge in [0.05, 0.1) is 23.7 Å². The lowest BCUT2D eigenvalue weighted by molar-refractivity contribution is 0.275. The maximum absolute atomic E-state index is 13.0. The normalized spacial score (nSPS) is 16.0. The summed E-state index contributed by atoms with van der Waals surface area (Å²) in [6.07, 6.45) is 0.644. The minimum atomic E-state index is -0.236. The number of aliphatic hydroxyl groups is 1. The SMILES string of the molecule is CN1CC(C)(C)c2nc(CO)c(Cc3ccc(F)cc3)cc21. The molecule has 0 fully saturated rings. The largest absolute Gasteiger partial charge is 0.390 e. The Morgan fingerprint density at radius 3 is 2.59 bits per heavy atom. The first-order chi connectivity index (χ1) is 10.4. The Hall–Kier alpha value is -1.94. The van der Waals surface area contributed by atoms with Crippen LogP contribution in [0.4, 0.5) is 10.1 Å². The van der Waals surface area contributed by atoms with Crippen molar-refractivity contribution in [2.75, 3.05) is 18.5 Å². The first-order valence-corrected chi connectivity index (χ1v) is 7.50. The number of rotatable bonds is 3. The van der Waals surface area contributed by atoms with E-state index in [9.17, 15) is 9.50 Å². The summed E-state index contributed by atoms with van der Waals surface area (Å²) in [7, 11) is 2.07. The van der Waals surface area contributed by atoms with Crippen molar-refractivity contribution in [3.63, 3.8) is 0 Å². The van der Waals surface area contributed by atoms with E-state index < -0.39 is 0 Å². The second-order valence-corrected chi connectivity index (χ2v) is 6.66. The molecule has 0 aliphatic carbocycles. The highest BCUT2D eigenvalue weighted by molar-refractivity contribution is 5.61. The van der Waals surface area contributed by atoms with Crippen molar-refractivity contribution in [3.8, 4) is 0 Å². The maximum atomic E-state index is 13.0. The molecule has 1 N–H and O–H groups in total. The number of fused-ring (bicyclic) bond motifs is 1. The van der Waals surface area contributed by atoms with Crippen molar-refractivity contribution >= 4 is 5.69 Å². The van der Waals surface area contributed by atoms with Crippen LogP contribution >= 0.6 is 0 Å². The van der Waals surface area contributed by atoms with E-state index in [-0.39, 0.29) is 17.8 Å². The molecule has 22 heavy (non-hydrogen) atoms. The summed E-state index contributed by atoms with van der Waals surface area (Å²) in [5.74, 6) is -0.236. The summed E-state index contributed by atoms with van der Waals surface area (Å²) in [6.45, 7) is 5.18. The zero-order valence-corrected chi connectivity index (χ0v) is 13.2. The Morgan fingerprint density at radius 1 is 1.27 bits per heavy atom. The number of anilines is 1. The lowest BCUT2D eigenvalue weighted by Crippen LogP contribution is -2.25. The molecule has 0 saturated carbocycles. The predicted molar refractivity (Wildman–Crippen MR) is 85.7 cm³/mol. The predicted octanol–water partition coefficient (Wildman–Crippen LogP) is 3.03. The van der Waals surface area contributed by atoms with Gasteiger partial charge in [0, 0.05) is 19.0 Å². The molecule has 1 aromatic heterocycles. The van der Waals surface area contributed by atoms with E-state index in [1.807, 2.05) is 0 Å². The van der Waals surface area contributed by atoms with Crippen LogP contribution in [-0.2, 0) is 18.4 Å². The molecule has 1 aliphatic heterocycles. The molecular formula is C18H21FN2O. The van der Waals surface area contributed by atoms with Crippen LogP contribution in [0.15, 0.2) is 30.3 Å². The average molecular weight is 300 g/mol. The Bertz CT molecular complexity index is 695. The van der Waals surface area contributed by atoms with E-state index in [2.05, 4.69) is 31.9 Å². The molecule has 2 aromatic rings. The van der Waals surface area contributed by atoms with Gasteiger partial charge in [0.15, 0.2) is 0 Å². The van der Waals surface area contributed by atoms with E-state index in [4.69, 9.17) is 4.98 Å². The maximum Gasteiger partial charge on any atom is 0.123 e. The summed E-state index contributed by atoms with van der Waals surface area (Å²) in [5, 5.41) is 9.67. The number of hydrogen-bond acceptors (Lipinski definition) is 3. The van der Waals surface area contributed by atoms with Gasteiger partial charge in [-0.3, -0.25) is 4.98 Å². The molecule has 2 heterocycles. The van der Waals surface area contributed by atoms with Crippen molar-refractivity contribution < 1.29 is 9.50 Å². The monoisotopic (exact) mass is 300 g/mol. The van der Waals surface area contributed by atoms with Crippen molar-refractivity contribution in [1.29, 1.82) is 0 Å². The van der Waals surface area contributed by atoms with Crippen LogP contribution in [0.3, 0.4) is 0 Å². The van der Waals surface area contributed by atoms with Crippen molar-refractivity contribution in [2.24, 2.45) is 0 Å². The highest BCUT2D eigenvalue weighted by Crippen LogP contribution is 2.39. The standard InChI is InChI=1S/C18H21FN2O/c1-18(2)11-21(3)16-9-13(15(10-22)20-17(16)18)8-12-4-6-14(19)7-5-12/h4-7,9,22H,8,10-11H2,1-3H3. The first kappa shape index (κ1) is 15.0. The number of pyridine rings is 1. The Kier molecular flexibility index (Phi) is 3.65. The number of benzene rings is 1. The Labute approximate surface area is 130 Å². The van der Waals surface area contributed by atoms with Gasteiger partial charge in [-0.05, 0) is 35.7 Å². The van der Waals surface area contributed by atoms with Crippen molar-refractivity contribution in [3.05, 3.63) is 58.7 Å². The molecule has 0 bridgehead atoms. The topological polar surface area (TPSA) is 36.4 Å². The molecule has 4 heteroatoms. The number of aliphatic hydroxyl groups excluding tert-OH is 1. The molecule has 1 aromatic carbocycles. The third kappa shape index (κ3) is 2.59. The minimum Gasteiger partial charge on any atom is -0.390 e. The van der Waals surface area contributed by atoms with Gasteiger partial charge < -0.3 is 10.0 Å². The molecule has 3 rings (SSSR count). The lowest BCUT2D eigenvalue weighted by atomic mass is 9.90. The van der Waals surface area contributed by atoms with Gasteiger partial charge in [0.25, 0.3) is 0 Å². The van der Waals surface area contributed by atoms with Gasteiger partial charge in [0.1, 0.15) is 5.82 Å². The quantitative estimate of drug-likeness (QED) is 0.946. The van der Waals surface area contributed by atoms with Crippen molar-refractivity contribution in [2.45, 2.75) is 32.3 Å². The second-order valence-electron chi connectivity index (χ2n) is 6.66. The molecule has 116 valence electrons. The molecule has 0 unspecified atom stereocenters. The summed E-state index contributed by atoms with van der Waals surface area (Å²) < 4.78 is 13.0. The van der Waals surface area contributed by atoms with Crippen LogP contribution < -0.4 is 4.90 Å². The number of halogens is 1. The van der Waals surface area contributed by atoms with E-state index in [1.165, 1.54) is 12.1 Å². The fourth-order valence-corrected chi connectivity index (χ4v) is 3.23. The number of hydrogen-bond donors (Lipinski definition) is 1. The zero-order chi connectivity index (χ0) is 15.9. The lowest BCUT2D eigenvalue weighted by Gasteiger charge is -2.18. The van der Waals surface area contributed by atoms with Gasteiger partial charge in [-0.25, -0.2) is 4.39 Å². The number of nitrogens with zero attached hydrogens (tertiary/aromatic N) is 2. The summed E-state index contributed by atoms with van der Waals surface area (Å²) in [6, 6.07) is 8.59. The average Bonchev–Trinajstić information content (AvgIpc) is 2.70. The molecule has 3 nitrogen and oxygen atoms in total. The third-order valence-corrected chi connectivity index (χ3v) is 4.31. The fourth-order valence-electron chi connectivity index (χ4n) is 3.23. The molecule has 0 saturated heterocycles. The smallest absolute Gasteiger partial charge is 0.123 e. The summed E-state index contributed by atoms with van der Waals surface area (Å²) in [4.78, 5) is 6.93. The van der Waals surface area contributed by atoms with Gasteiger partial charge in [0.2, 0.25) is 0 Å². The van der Waals surface area contributed by atoms with Gasteiger partial charge >= 0.3 is 0 Å². The highest BCUT2D eigenvalue weighted by atomic mass is 19.1. The molecule has 0 atom stereocenters. The first-order valence-electron chi connectivity index (χ1n) is 7.50. The molecule has 0 radical (unpaired) electrons. The van der Waals surface area contributed by atoms with E-state index in [0.717, 1.165) is 29.1 Å². The zero-order valence-electron chi connectivity index (χ0n) is 13.2. The van der Waals surface area contributed by atoms with Crippen LogP contribution in [0.2, 0.25) is 0 Å². The van der Waals surface area contributed by atoms with E-state index in [1.54, 1.807) is 12.1 Å². The Morgan fingerprint density at radius 2 is 1.95 bits per heavy atom. The molecule has 0 amide bonds. The molecule has 0 spiro atoms. The third-order valence-electron chi connectivity index (χ3n) is 4.31. The minimum absolute atomic E-state index is 0.0115. The second kappa shape index (κ2) is 5.36. The number of likely N-dealkylation sites (N-methyl/N-ethyl adjacent to an activating group) is 1. The van der Waals surface area contributed by atoms with Gasteiger partial charge in [-0.15, -0.1) is 0 Å². The van der Waals surface area contributed by atoms with Crippen LogP contribution in [0, 0.1) is 5.82 Å². The van der Waals surface area contributed by atoms with E-state index >= 15 is 0 Å². The van der Waals surface area contributed by atoms with Crippen LogP contribution in [0.1, 0.15) is 36.4 Å². The molecule has 1 aliphatic rings. The fraction of sp³-hybridized carbons (Fsp3) is 0.389. The van der Waals surface area contributed by atoms with Crippen LogP contribution in [-0.4, -0.2) is 23.7 Å². The van der Waals surface area contributed by atoms with E-state index in [0.29, 0.717) is 12.1 Å². The van der Waals surface area contributed by atoms with Crippen LogP contribution in [0.5, 0.6) is 0 Å². The van der Waals surface area contributed by atoms with Crippen molar-refractivity contribution in [1.82, 2.24) is 4.98 Å². The highest BCUT2D eigenvalue weighted by Gasteiger charge is 2.35. The van der Waals surface area contributed by atoms with Gasteiger partial charge in [-0.2, -0.15) is 0 Å². The molecular weight excluding hydrogens is 279 g/mol. The summed E-state index contributed by atoms with van der Waals surface area (Å²) in [5.41, 5.74) is 4.88.